The van der Waals surface area contributed by atoms with Gasteiger partial charge in [0.05, 0.1) is 11.1 Å². The number of hydrogen-bond acceptors (Lipinski definition) is 2. The molecule has 2 heterocycles. The molecule has 136 valence electrons. The number of anilines is 1. The van der Waals surface area contributed by atoms with Gasteiger partial charge in [-0.2, -0.15) is 0 Å². The number of H-pyrrole nitrogens is 1. The highest BCUT2D eigenvalue weighted by atomic mass is 79.9. The van der Waals surface area contributed by atoms with Gasteiger partial charge in [-0.15, -0.1) is 0 Å². The van der Waals surface area contributed by atoms with E-state index in [-0.39, 0.29) is 17.7 Å². The largest absolute Gasteiger partial charge is 0.478 e. The second kappa shape index (κ2) is 6.76. The van der Waals surface area contributed by atoms with Crippen LogP contribution in [0.15, 0.2) is 22.7 Å². The van der Waals surface area contributed by atoms with Crippen molar-refractivity contribution in [1.29, 1.82) is 0 Å². The molecule has 5 nitrogen and oxygen atoms in total. The molecule has 2 aromatic rings. The van der Waals surface area contributed by atoms with E-state index in [1.165, 1.54) is 0 Å². The van der Waals surface area contributed by atoms with Crippen molar-refractivity contribution in [2.24, 2.45) is 0 Å². The molecule has 1 aromatic carbocycles. The maximum absolute atomic E-state index is 12.5. The van der Waals surface area contributed by atoms with E-state index in [2.05, 4.69) is 26.2 Å². The van der Waals surface area contributed by atoms with Crippen LogP contribution in [0.1, 0.15) is 72.4 Å². The van der Waals surface area contributed by atoms with Gasteiger partial charge in [-0.3, -0.25) is 4.79 Å². The summed E-state index contributed by atoms with van der Waals surface area (Å²) in [5.74, 6) is -1.10. The minimum Gasteiger partial charge on any atom is -0.478 e. The van der Waals surface area contributed by atoms with Crippen LogP contribution in [0, 0.1) is 0 Å². The van der Waals surface area contributed by atoms with Gasteiger partial charge in [0.2, 0.25) is 0 Å². The summed E-state index contributed by atoms with van der Waals surface area (Å²) in [6.45, 7) is 7.82. The van der Waals surface area contributed by atoms with Crippen molar-refractivity contribution in [3.63, 3.8) is 0 Å². The van der Waals surface area contributed by atoms with Crippen LogP contribution in [-0.4, -0.2) is 22.0 Å². The Labute approximate surface area is 160 Å². The van der Waals surface area contributed by atoms with Crippen molar-refractivity contribution in [2.45, 2.75) is 39.5 Å². The molecule has 0 radical (unpaired) electrons. The lowest BCUT2D eigenvalue weighted by Crippen LogP contribution is -2.06. The molecule has 1 aliphatic rings. The fraction of sp³-hybridized carbons (Fsp3) is 0.300. The van der Waals surface area contributed by atoms with Gasteiger partial charge in [0.25, 0.3) is 5.91 Å². The minimum absolute atomic E-state index is 0.00291. The third kappa shape index (κ3) is 3.09. The Bertz CT molecular complexity index is 939. The van der Waals surface area contributed by atoms with Crippen LogP contribution >= 0.6 is 15.9 Å². The minimum atomic E-state index is -0.947. The fourth-order valence-electron chi connectivity index (χ4n) is 3.38. The first-order valence-corrected chi connectivity index (χ1v) is 9.32. The van der Waals surface area contributed by atoms with Crippen LogP contribution < -0.4 is 5.32 Å². The van der Waals surface area contributed by atoms with E-state index in [1.807, 2.05) is 45.9 Å². The molecular weight excluding hydrogens is 396 g/mol. The SMILES string of the molecule is CC(C)c1[nH]c(/C=C2\C(=O)Nc3ccc(Br)cc32)c(C(C)C)c1C(=O)O. The summed E-state index contributed by atoms with van der Waals surface area (Å²) in [6.07, 6.45) is 1.77. The number of rotatable bonds is 4. The van der Waals surface area contributed by atoms with Crippen LogP contribution in [0.2, 0.25) is 0 Å². The molecule has 1 amide bonds. The van der Waals surface area contributed by atoms with Crippen molar-refractivity contribution < 1.29 is 14.7 Å². The zero-order valence-electron chi connectivity index (χ0n) is 15.1. The molecule has 0 spiro atoms. The molecule has 1 aliphatic heterocycles. The summed E-state index contributed by atoms with van der Waals surface area (Å²) in [5, 5.41) is 12.6. The van der Waals surface area contributed by atoms with E-state index >= 15 is 0 Å². The molecule has 1 aromatic heterocycles. The van der Waals surface area contributed by atoms with Crippen molar-refractivity contribution >= 4 is 45.1 Å². The standard InChI is InChI=1S/C20H21BrN2O3/c1-9(2)16-15(22-18(10(3)4)17(16)20(25)26)8-13-12-7-11(21)5-6-14(12)23-19(13)24/h5-10,22H,1-4H3,(H,23,24)(H,25,26)/b13-8-. The predicted octanol–water partition coefficient (Wildman–Crippen LogP) is 5.21. The summed E-state index contributed by atoms with van der Waals surface area (Å²) < 4.78 is 0.878. The number of amides is 1. The molecular formula is C20H21BrN2O3. The van der Waals surface area contributed by atoms with Crippen LogP contribution in [0.5, 0.6) is 0 Å². The first-order chi connectivity index (χ1) is 12.2. The van der Waals surface area contributed by atoms with Gasteiger partial charge in [-0.05, 0) is 41.7 Å². The van der Waals surface area contributed by atoms with Crippen LogP contribution in [0.4, 0.5) is 5.69 Å². The molecule has 3 N–H and O–H groups in total. The number of aromatic carboxylic acids is 1. The maximum atomic E-state index is 12.5. The molecule has 0 fully saturated rings. The van der Waals surface area contributed by atoms with E-state index in [1.54, 1.807) is 6.08 Å². The van der Waals surface area contributed by atoms with Crippen LogP contribution in [0.25, 0.3) is 11.6 Å². The summed E-state index contributed by atoms with van der Waals surface area (Å²) in [6, 6.07) is 5.60. The number of carbonyl (C=O) groups is 2. The second-order valence-corrected chi connectivity index (χ2v) is 7.97. The summed E-state index contributed by atoms with van der Waals surface area (Å²) in [7, 11) is 0. The Balaban J connectivity index is 2.24. The second-order valence-electron chi connectivity index (χ2n) is 7.06. The number of hydrogen-bond donors (Lipinski definition) is 3. The smallest absolute Gasteiger partial charge is 0.337 e. The van der Waals surface area contributed by atoms with E-state index in [9.17, 15) is 14.7 Å². The highest BCUT2D eigenvalue weighted by Crippen LogP contribution is 2.38. The average Bonchev–Trinajstić information content (AvgIpc) is 3.07. The van der Waals surface area contributed by atoms with Gasteiger partial charge in [-0.1, -0.05) is 43.6 Å². The molecule has 26 heavy (non-hydrogen) atoms. The molecule has 3 rings (SSSR count). The quantitative estimate of drug-likeness (QED) is 0.597. The highest BCUT2D eigenvalue weighted by Gasteiger charge is 2.28. The normalized spacial score (nSPS) is 15.0. The van der Waals surface area contributed by atoms with Crippen molar-refractivity contribution in [2.75, 3.05) is 5.32 Å². The monoisotopic (exact) mass is 416 g/mol. The number of nitrogens with one attached hydrogen (secondary N) is 2. The molecule has 0 saturated heterocycles. The molecule has 0 saturated carbocycles. The summed E-state index contributed by atoms with van der Waals surface area (Å²) in [5.41, 5.74) is 4.48. The van der Waals surface area contributed by atoms with Gasteiger partial charge >= 0.3 is 5.97 Å². The van der Waals surface area contributed by atoms with E-state index in [4.69, 9.17) is 0 Å². The average molecular weight is 417 g/mol. The number of carboxylic acids is 1. The lowest BCUT2D eigenvalue weighted by molar-refractivity contribution is -0.110. The van der Waals surface area contributed by atoms with Crippen LogP contribution in [0.3, 0.4) is 0 Å². The van der Waals surface area contributed by atoms with E-state index in [0.717, 1.165) is 21.3 Å². The van der Waals surface area contributed by atoms with Gasteiger partial charge in [0, 0.05) is 27.1 Å². The van der Waals surface area contributed by atoms with Gasteiger partial charge in [-0.25, -0.2) is 4.79 Å². The third-order valence-electron chi connectivity index (χ3n) is 4.52. The van der Waals surface area contributed by atoms with E-state index in [0.29, 0.717) is 22.5 Å². The summed E-state index contributed by atoms with van der Waals surface area (Å²) >= 11 is 3.44. The Hall–Kier alpha value is -2.34. The number of benzene rings is 1. The van der Waals surface area contributed by atoms with E-state index < -0.39 is 5.97 Å². The lowest BCUT2D eigenvalue weighted by atomic mass is 9.94. The predicted molar refractivity (Wildman–Crippen MR) is 107 cm³/mol. The number of aromatic nitrogens is 1. The molecule has 0 aliphatic carbocycles. The van der Waals surface area contributed by atoms with Gasteiger partial charge < -0.3 is 15.4 Å². The zero-order valence-corrected chi connectivity index (χ0v) is 16.7. The highest BCUT2D eigenvalue weighted by molar-refractivity contribution is 9.10. The molecule has 0 atom stereocenters. The van der Waals surface area contributed by atoms with Crippen molar-refractivity contribution in [1.82, 2.24) is 4.98 Å². The third-order valence-corrected chi connectivity index (χ3v) is 5.01. The first kappa shape index (κ1) is 18.5. The number of aromatic amines is 1. The molecule has 6 heteroatoms. The van der Waals surface area contributed by atoms with Gasteiger partial charge in [0.1, 0.15) is 0 Å². The Morgan fingerprint density at radius 3 is 2.46 bits per heavy atom. The lowest BCUT2D eigenvalue weighted by Gasteiger charge is -2.08. The van der Waals surface area contributed by atoms with Gasteiger partial charge in [0.15, 0.2) is 0 Å². The number of fused-ring (bicyclic) bond motifs is 1. The Morgan fingerprint density at radius 1 is 1.19 bits per heavy atom. The molecule has 0 bridgehead atoms. The Morgan fingerprint density at radius 2 is 1.88 bits per heavy atom. The van der Waals surface area contributed by atoms with Crippen molar-refractivity contribution in [3.8, 4) is 0 Å². The molecule has 0 unspecified atom stereocenters. The number of halogens is 1. The maximum Gasteiger partial charge on any atom is 0.337 e. The van der Waals surface area contributed by atoms with Crippen LogP contribution in [-0.2, 0) is 4.79 Å². The summed E-state index contributed by atoms with van der Waals surface area (Å²) in [4.78, 5) is 27.6. The Kier molecular flexibility index (Phi) is 4.80. The van der Waals surface area contributed by atoms with Crippen molar-refractivity contribution in [3.05, 3.63) is 50.8 Å². The topological polar surface area (TPSA) is 82.2 Å². The zero-order chi connectivity index (χ0) is 19.2. The fourth-order valence-corrected chi connectivity index (χ4v) is 3.74. The number of carbonyl (C=O) groups excluding carboxylic acids is 1. The number of carboxylic acid groups (broad SMARTS) is 1. The first-order valence-electron chi connectivity index (χ1n) is 8.52.